The molecule has 1 heterocycles. The number of esters is 1. The first-order valence-corrected chi connectivity index (χ1v) is 15.3. The number of halogens is 4. The number of benzene rings is 3. The largest absolute Gasteiger partial charge is 0.479 e. The third-order valence-electron chi connectivity index (χ3n) is 7.07. The van der Waals surface area contributed by atoms with E-state index in [0.29, 0.717) is 17.4 Å². The maximum atomic E-state index is 12.7. The number of nitrogens with two attached hydrogens (primary N) is 1. The maximum absolute atomic E-state index is 12.7. The van der Waals surface area contributed by atoms with Gasteiger partial charge in [-0.2, -0.15) is 13.2 Å². The van der Waals surface area contributed by atoms with Crippen LogP contribution in [0.2, 0.25) is 5.02 Å². The van der Waals surface area contributed by atoms with Gasteiger partial charge in [0.05, 0.1) is 23.9 Å². The highest BCUT2D eigenvalue weighted by molar-refractivity contribution is 7.95. The fraction of sp³-hybridized carbons (Fsp3) is 0.364. The van der Waals surface area contributed by atoms with Crippen LogP contribution < -0.4 is 14.8 Å². The number of carbonyl (C=O) groups is 1. The molecule has 1 aliphatic heterocycles. The molecule has 2 aliphatic rings. The van der Waals surface area contributed by atoms with E-state index in [1.165, 1.54) is 38.6 Å². The smallest absolute Gasteiger partial charge is 0.466 e. The topological polar surface area (TPSA) is 64.8 Å². The Morgan fingerprint density at radius 1 is 1.02 bits per heavy atom. The van der Waals surface area contributed by atoms with E-state index < -0.39 is 23.5 Å². The molecule has 43 heavy (non-hydrogen) atoms. The van der Waals surface area contributed by atoms with Gasteiger partial charge in [-0.05, 0) is 97.3 Å². The first kappa shape index (κ1) is 34.4. The molecule has 5 nitrogen and oxygen atoms in total. The molecular weight excluding hydrogens is 597 g/mol. The molecule has 1 aliphatic carbocycles. The SMILES string of the molecule is CC.CN.COC(=O)/C=C/c1ccc(C2c3ccc(OSC(F)(F)F)cc3CC(C)N2c2ccc(C3CC3)cc2Cl)cc1. The van der Waals surface area contributed by atoms with E-state index >= 15 is 0 Å². The van der Waals surface area contributed by atoms with Crippen molar-refractivity contribution in [2.75, 3.05) is 19.1 Å². The van der Waals surface area contributed by atoms with Crippen LogP contribution in [-0.2, 0) is 16.0 Å². The molecule has 0 bridgehead atoms. The number of carbonyl (C=O) groups excluding carboxylic acids is 1. The zero-order valence-corrected chi connectivity index (χ0v) is 26.5. The lowest BCUT2D eigenvalue weighted by atomic mass is 9.84. The minimum Gasteiger partial charge on any atom is -0.466 e. The maximum Gasteiger partial charge on any atom is 0.479 e. The Morgan fingerprint density at radius 3 is 2.26 bits per heavy atom. The van der Waals surface area contributed by atoms with Crippen LogP contribution in [0.5, 0.6) is 5.75 Å². The number of fused-ring (bicyclic) bond motifs is 1. The normalized spacial score (nSPS) is 17.7. The minimum atomic E-state index is -4.49. The summed E-state index contributed by atoms with van der Waals surface area (Å²) in [5.41, 5.74) is 5.87. The standard InChI is InChI=1S/C30H27ClF3NO3S.C2H6.CH5N/c1-18-15-23-16-24(38-39-30(32,33)34)11-12-25(23)29(21-6-3-19(4-7-21)5-14-28(36)37-2)35(18)27-13-10-22(17-26(27)31)20-8-9-20;2*1-2/h3-7,10-14,16-18,20,29H,8-9,15H2,1-2H3;1-2H3;2H2,1H3/b14-5+;;. The van der Waals surface area contributed by atoms with Crippen LogP contribution in [0.15, 0.2) is 66.7 Å². The van der Waals surface area contributed by atoms with Crippen LogP contribution in [0, 0.1) is 0 Å². The van der Waals surface area contributed by atoms with Crippen molar-refractivity contribution in [1.82, 2.24) is 0 Å². The molecule has 3 aromatic carbocycles. The molecule has 0 amide bonds. The highest BCUT2D eigenvalue weighted by Gasteiger charge is 2.36. The van der Waals surface area contributed by atoms with Crippen molar-refractivity contribution >= 4 is 41.4 Å². The van der Waals surface area contributed by atoms with Gasteiger partial charge in [0.1, 0.15) is 5.75 Å². The van der Waals surface area contributed by atoms with Gasteiger partial charge in [0, 0.05) is 12.1 Å². The van der Waals surface area contributed by atoms with Crippen molar-refractivity contribution in [3.05, 3.63) is 99.6 Å². The molecule has 232 valence electrons. The summed E-state index contributed by atoms with van der Waals surface area (Å²) in [4.78, 5) is 13.8. The van der Waals surface area contributed by atoms with Gasteiger partial charge in [-0.1, -0.05) is 61.8 Å². The number of hydrogen-bond acceptors (Lipinski definition) is 6. The molecule has 0 saturated heterocycles. The van der Waals surface area contributed by atoms with Gasteiger partial charge in [0.15, 0.2) is 12.0 Å². The van der Waals surface area contributed by atoms with E-state index in [0.717, 1.165) is 27.9 Å². The average molecular weight is 635 g/mol. The highest BCUT2D eigenvalue weighted by Crippen LogP contribution is 2.47. The lowest BCUT2D eigenvalue weighted by Crippen LogP contribution is -2.43. The predicted molar refractivity (Wildman–Crippen MR) is 171 cm³/mol. The van der Waals surface area contributed by atoms with Crippen LogP contribution in [0.1, 0.15) is 73.4 Å². The lowest BCUT2D eigenvalue weighted by molar-refractivity contribution is -0.134. The first-order chi connectivity index (χ1) is 20.6. The van der Waals surface area contributed by atoms with Crippen LogP contribution in [0.25, 0.3) is 6.08 Å². The molecule has 3 aromatic rings. The predicted octanol–water partition coefficient (Wildman–Crippen LogP) is 9.09. The molecule has 0 aromatic heterocycles. The molecule has 2 unspecified atom stereocenters. The fourth-order valence-electron chi connectivity index (χ4n) is 5.14. The van der Waals surface area contributed by atoms with Gasteiger partial charge >= 0.3 is 11.5 Å². The van der Waals surface area contributed by atoms with Crippen LogP contribution in [0.4, 0.5) is 18.9 Å². The molecule has 2 atom stereocenters. The van der Waals surface area contributed by atoms with E-state index in [1.807, 2.05) is 44.2 Å². The Bertz CT molecular complexity index is 1400. The second-order valence-corrected chi connectivity index (χ2v) is 11.0. The van der Waals surface area contributed by atoms with Crippen molar-refractivity contribution in [3.8, 4) is 5.75 Å². The Labute approximate surface area is 261 Å². The van der Waals surface area contributed by atoms with E-state index in [9.17, 15) is 18.0 Å². The van der Waals surface area contributed by atoms with Crippen molar-refractivity contribution < 1.29 is 26.9 Å². The molecule has 5 rings (SSSR count). The van der Waals surface area contributed by atoms with Crippen LogP contribution >= 0.6 is 23.6 Å². The van der Waals surface area contributed by atoms with Gasteiger partial charge in [0.25, 0.3) is 0 Å². The van der Waals surface area contributed by atoms with Gasteiger partial charge in [0.2, 0.25) is 0 Å². The average Bonchev–Trinajstić information content (AvgIpc) is 3.86. The Kier molecular flexibility index (Phi) is 12.4. The molecule has 1 saturated carbocycles. The van der Waals surface area contributed by atoms with Crippen LogP contribution in [0.3, 0.4) is 0 Å². The number of alkyl halides is 3. The van der Waals surface area contributed by atoms with Gasteiger partial charge < -0.3 is 19.6 Å². The summed E-state index contributed by atoms with van der Waals surface area (Å²) in [7, 11) is 2.83. The third-order valence-corrected chi connectivity index (χ3v) is 7.84. The summed E-state index contributed by atoms with van der Waals surface area (Å²) in [6, 6.07) is 19.0. The van der Waals surface area contributed by atoms with Gasteiger partial charge in [-0.3, -0.25) is 0 Å². The highest BCUT2D eigenvalue weighted by atomic mass is 35.5. The molecule has 0 radical (unpaired) electrons. The summed E-state index contributed by atoms with van der Waals surface area (Å²) >= 11 is 6.36. The molecule has 2 N–H and O–H groups in total. The third kappa shape index (κ3) is 8.94. The zero-order chi connectivity index (χ0) is 31.7. The number of hydrogen-bond donors (Lipinski definition) is 1. The first-order valence-electron chi connectivity index (χ1n) is 14.2. The van der Waals surface area contributed by atoms with Crippen LogP contribution in [-0.4, -0.2) is 31.7 Å². The van der Waals surface area contributed by atoms with Crippen molar-refractivity contribution in [2.24, 2.45) is 5.73 Å². The summed E-state index contributed by atoms with van der Waals surface area (Å²) in [6.07, 6.45) is 6.01. The second-order valence-electron chi connectivity index (χ2n) is 9.84. The number of nitrogens with zero attached hydrogens (tertiary/aromatic N) is 1. The summed E-state index contributed by atoms with van der Waals surface area (Å²) in [5, 5.41) is 0.680. The minimum absolute atomic E-state index is 0.00353. The summed E-state index contributed by atoms with van der Waals surface area (Å²) in [5.74, 6) is 0.294. The van der Waals surface area contributed by atoms with Gasteiger partial charge in [-0.15, -0.1) is 0 Å². The fourth-order valence-corrected chi connectivity index (χ4v) is 5.72. The van der Waals surface area contributed by atoms with E-state index in [1.54, 1.807) is 18.2 Å². The monoisotopic (exact) mass is 634 g/mol. The Balaban J connectivity index is 0.00000121. The van der Waals surface area contributed by atoms with Crippen molar-refractivity contribution in [2.45, 2.75) is 63.5 Å². The molecular formula is C33H38ClF3N2O3S. The molecule has 1 fully saturated rings. The number of rotatable bonds is 7. The van der Waals surface area contributed by atoms with E-state index in [2.05, 4.69) is 40.5 Å². The Hall–Kier alpha value is -3.14. The zero-order valence-electron chi connectivity index (χ0n) is 25.0. The summed E-state index contributed by atoms with van der Waals surface area (Å²) < 4.78 is 47.8. The summed E-state index contributed by atoms with van der Waals surface area (Å²) in [6.45, 7) is 6.09. The van der Waals surface area contributed by atoms with E-state index in [4.69, 9.17) is 15.8 Å². The number of methoxy groups -OCH3 is 1. The van der Waals surface area contributed by atoms with Crippen molar-refractivity contribution in [3.63, 3.8) is 0 Å². The lowest BCUT2D eigenvalue weighted by Gasteiger charge is -2.44. The van der Waals surface area contributed by atoms with Crippen molar-refractivity contribution in [1.29, 1.82) is 0 Å². The number of ether oxygens (including phenoxy) is 1. The molecule has 10 heteroatoms. The number of anilines is 1. The Morgan fingerprint density at radius 2 is 1.67 bits per heavy atom. The second kappa shape index (κ2) is 15.5. The molecule has 0 spiro atoms. The van der Waals surface area contributed by atoms with Gasteiger partial charge in [-0.25, -0.2) is 4.79 Å². The quantitative estimate of drug-likeness (QED) is 0.159. The van der Waals surface area contributed by atoms with E-state index in [-0.39, 0.29) is 17.8 Å².